The van der Waals surface area contributed by atoms with E-state index in [1.165, 1.54) is 25.9 Å². The van der Waals surface area contributed by atoms with Crippen molar-refractivity contribution in [3.8, 4) is 0 Å². The van der Waals surface area contributed by atoms with Crippen molar-refractivity contribution in [2.24, 2.45) is 5.92 Å². The second kappa shape index (κ2) is 6.70. The highest BCUT2D eigenvalue weighted by atomic mass is 15.1. The highest BCUT2D eigenvalue weighted by molar-refractivity contribution is 5.46. The fourth-order valence-corrected chi connectivity index (χ4v) is 2.37. The number of rotatable bonds is 5. The van der Waals surface area contributed by atoms with Crippen LogP contribution in [0.1, 0.15) is 25.3 Å². The average molecular weight is 263 g/mol. The molecule has 1 aliphatic heterocycles. The van der Waals surface area contributed by atoms with E-state index in [1.807, 2.05) is 13.1 Å². The molecule has 0 amide bonds. The van der Waals surface area contributed by atoms with Gasteiger partial charge in [0.15, 0.2) is 0 Å². The molecule has 1 aromatic heterocycles. The Balaban J connectivity index is 1.89. The highest BCUT2D eigenvalue weighted by Crippen LogP contribution is 2.18. The summed E-state index contributed by atoms with van der Waals surface area (Å²) in [6.07, 6.45) is 4.42. The summed E-state index contributed by atoms with van der Waals surface area (Å²) >= 11 is 0. The lowest BCUT2D eigenvalue weighted by atomic mass is 9.97. The van der Waals surface area contributed by atoms with Gasteiger partial charge in [0.25, 0.3) is 0 Å². The van der Waals surface area contributed by atoms with Gasteiger partial charge in [-0.3, -0.25) is 0 Å². The minimum Gasteiger partial charge on any atom is -0.369 e. The monoisotopic (exact) mass is 263 g/mol. The molecule has 1 aliphatic rings. The van der Waals surface area contributed by atoms with Gasteiger partial charge in [-0.05, 0) is 52.7 Å². The zero-order chi connectivity index (χ0) is 13.7. The molecule has 0 saturated carbocycles. The van der Waals surface area contributed by atoms with Crippen molar-refractivity contribution in [3.05, 3.63) is 11.8 Å². The van der Waals surface area contributed by atoms with Crippen molar-refractivity contribution in [3.63, 3.8) is 0 Å². The van der Waals surface area contributed by atoms with E-state index in [0.717, 1.165) is 30.4 Å². The van der Waals surface area contributed by atoms with E-state index in [0.29, 0.717) is 5.95 Å². The van der Waals surface area contributed by atoms with Gasteiger partial charge in [-0.1, -0.05) is 0 Å². The number of likely N-dealkylation sites (tertiary alicyclic amines) is 1. The van der Waals surface area contributed by atoms with E-state index in [9.17, 15) is 0 Å². The summed E-state index contributed by atoms with van der Waals surface area (Å²) < 4.78 is 0. The molecular weight excluding hydrogens is 238 g/mol. The SMILES string of the molecule is CCNc1ncc(C)c(NCC2CCN(C)CC2)n1. The maximum absolute atomic E-state index is 4.52. The Morgan fingerprint density at radius 2 is 2.05 bits per heavy atom. The fourth-order valence-electron chi connectivity index (χ4n) is 2.37. The average Bonchev–Trinajstić information content (AvgIpc) is 2.41. The normalized spacial score (nSPS) is 17.4. The molecule has 2 rings (SSSR count). The topological polar surface area (TPSA) is 53.1 Å². The molecule has 19 heavy (non-hydrogen) atoms. The Labute approximate surface area is 115 Å². The van der Waals surface area contributed by atoms with E-state index in [-0.39, 0.29) is 0 Å². The molecule has 2 N–H and O–H groups in total. The molecule has 0 atom stereocenters. The molecule has 0 bridgehead atoms. The molecule has 5 nitrogen and oxygen atoms in total. The van der Waals surface area contributed by atoms with E-state index in [1.54, 1.807) is 0 Å². The molecule has 5 heteroatoms. The summed E-state index contributed by atoms with van der Waals surface area (Å²) in [7, 11) is 2.20. The molecule has 1 fully saturated rings. The number of nitrogens with zero attached hydrogens (tertiary/aromatic N) is 3. The zero-order valence-corrected chi connectivity index (χ0v) is 12.2. The van der Waals surface area contributed by atoms with Crippen LogP contribution in [0.4, 0.5) is 11.8 Å². The quantitative estimate of drug-likeness (QED) is 0.850. The second-order valence-corrected chi connectivity index (χ2v) is 5.38. The lowest BCUT2D eigenvalue weighted by Crippen LogP contribution is -2.33. The maximum Gasteiger partial charge on any atom is 0.224 e. The summed E-state index contributed by atoms with van der Waals surface area (Å²) in [5.74, 6) is 2.43. The van der Waals surface area contributed by atoms with Crippen LogP contribution in [0.15, 0.2) is 6.20 Å². The Hall–Kier alpha value is -1.36. The summed E-state index contributed by atoms with van der Waals surface area (Å²) in [5.41, 5.74) is 1.11. The largest absolute Gasteiger partial charge is 0.369 e. The number of aryl methyl sites for hydroxylation is 1. The van der Waals surface area contributed by atoms with Crippen molar-refractivity contribution in [2.75, 3.05) is 43.9 Å². The number of nitrogens with one attached hydrogen (secondary N) is 2. The van der Waals surface area contributed by atoms with Crippen LogP contribution in [0.2, 0.25) is 0 Å². The third-order valence-corrected chi connectivity index (χ3v) is 3.70. The second-order valence-electron chi connectivity index (χ2n) is 5.38. The Kier molecular flexibility index (Phi) is 4.96. The molecule has 2 heterocycles. The van der Waals surface area contributed by atoms with E-state index >= 15 is 0 Å². The Morgan fingerprint density at radius 1 is 1.32 bits per heavy atom. The van der Waals surface area contributed by atoms with Crippen molar-refractivity contribution in [1.29, 1.82) is 0 Å². The summed E-state index contributed by atoms with van der Waals surface area (Å²) in [6.45, 7) is 8.37. The van der Waals surface area contributed by atoms with Crippen LogP contribution in [0.3, 0.4) is 0 Å². The van der Waals surface area contributed by atoms with Crippen LogP contribution >= 0.6 is 0 Å². The van der Waals surface area contributed by atoms with Gasteiger partial charge in [0.1, 0.15) is 5.82 Å². The third-order valence-electron chi connectivity index (χ3n) is 3.70. The van der Waals surface area contributed by atoms with Gasteiger partial charge in [0.2, 0.25) is 5.95 Å². The third kappa shape index (κ3) is 4.06. The van der Waals surface area contributed by atoms with Crippen molar-refractivity contribution < 1.29 is 0 Å². The Morgan fingerprint density at radius 3 is 2.74 bits per heavy atom. The lowest BCUT2D eigenvalue weighted by molar-refractivity contribution is 0.226. The predicted molar refractivity (Wildman–Crippen MR) is 79.6 cm³/mol. The smallest absolute Gasteiger partial charge is 0.224 e. The molecule has 1 aromatic rings. The standard InChI is InChI=1S/C14H25N5/c1-4-15-14-17-9-11(2)13(18-14)16-10-12-5-7-19(3)8-6-12/h9,12H,4-8,10H2,1-3H3,(H2,15,16,17,18). The molecule has 1 saturated heterocycles. The van der Waals surface area contributed by atoms with E-state index in [2.05, 4.69) is 39.5 Å². The number of anilines is 2. The highest BCUT2D eigenvalue weighted by Gasteiger charge is 2.16. The molecule has 0 radical (unpaired) electrons. The summed E-state index contributed by atoms with van der Waals surface area (Å²) in [5, 5.41) is 6.64. The summed E-state index contributed by atoms with van der Waals surface area (Å²) in [4.78, 5) is 11.2. The van der Waals surface area contributed by atoms with Gasteiger partial charge in [-0.2, -0.15) is 4.98 Å². The number of hydrogen-bond donors (Lipinski definition) is 2. The van der Waals surface area contributed by atoms with Gasteiger partial charge in [-0.25, -0.2) is 4.98 Å². The van der Waals surface area contributed by atoms with Crippen LogP contribution in [-0.2, 0) is 0 Å². The fraction of sp³-hybridized carbons (Fsp3) is 0.714. The van der Waals surface area contributed by atoms with Crippen LogP contribution < -0.4 is 10.6 Å². The summed E-state index contributed by atoms with van der Waals surface area (Å²) in [6, 6.07) is 0. The van der Waals surface area contributed by atoms with Crippen LogP contribution in [0.5, 0.6) is 0 Å². The minimum atomic E-state index is 0.707. The lowest BCUT2D eigenvalue weighted by Gasteiger charge is -2.29. The van der Waals surface area contributed by atoms with Gasteiger partial charge in [-0.15, -0.1) is 0 Å². The number of piperidine rings is 1. The molecule has 0 aliphatic carbocycles. The van der Waals surface area contributed by atoms with Gasteiger partial charge < -0.3 is 15.5 Å². The molecule has 0 spiro atoms. The van der Waals surface area contributed by atoms with Crippen molar-refractivity contribution in [2.45, 2.75) is 26.7 Å². The van der Waals surface area contributed by atoms with Gasteiger partial charge in [0, 0.05) is 24.8 Å². The van der Waals surface area contributed by atoms with Crippen LogP contribution in [-0.4, -0.2) is 48.1 Å². The molecule has 106 valence electrons. The maximum atomic E-state index is 4.52. The Bertz CT molecular complexity index is 399. The first-order valence-electron chi connectivity index (χ1n) is 7.19. The first kappa shape index (κ1) is 14.1. The van der Waals surface area contributed by atoms with Crippen LogP contribution in [0, 0.1) is 12.8 Å². The predicted octanol–water partition coefficient (Wildman–Crippen LogP) is 1.97. The van der Waals surface area contributed by atoms with Crippen molar-refractivity contribution >= 4 is 11.8 Å². The number of aromatic nitrogens is 2. The van der Waals surface area contributed by atoms with Gasteiger partial charge >= 0.3 is 0 Å². The first-order chi connectivity index (χ1) is 9.19. The van der Waals surface area contributed by atoms with Crippen molar-refractivity contribution in [1.82, 2.24) is 14.9 Å². The number of hydrogen-bond acceptors (Lipinski definition) is 5. The zero-order valence-electron chi connectivity index (χ0n) is 12.2. The molecule has 0 unspecified atom stereocenters. The van der Waals surface area contributed by atoms with Gasteiger partial charge in [0.05, 0.1) is 0 Å². The first-order valence-corrected chi connectivity index (χ1v) is 7.19. The molecule has 0 aromatic carbocycles. The van der Waals surface area contributed by atoms with E-state index < -0.39 is 0 Å². The minimum absolute atomic E-state index is 0.707. The molecular formula is C14H25N5. The van der Waals surface area contributed by atoms with E-state index in [4.69, 9.17) is 0 Å². The van der Waals surface area contributed by atoms with Crippen LogP contribution in [0.25, 0.3) is 0 Å².